The van der Waals surface area contributed by atoms with E-state index in [4.69, 9.17) is 0 Å². The van der Waals surface area contributed by atoms with Gasteiger partial charge in [-0.2, -0.15) is 0 Å². The van der Waals surface area contributed by atoms with E-state index in [1.165, 1.54) is 12.1 Å². The first kappa shape index (κ1) is 17.9. The van der Waals surface area contributed by atoms with Gasteiger partial charge in [0, 0.05) is 18.2 Å². The van der Waals surface area contributed by atoms with Crippen LogP contribution in [0.5, 0.6) is 11.5 Å². The van der Waals surface area contributed by atoms with E-state index in [1.807, 2.05) is 0 Å². The number of ether oxygens (including phenoxy) is 2. The fourth-order valence-electron chi connectivity index (χ4n) is 2.73. The van der Waals surface area contributed by atoms with E-state index in [9.17, 15) is 23.2 Å². The van der Waals surface area contributed by atoms with E-state index in [1.54, 1.807) is 27.7 Å². The summed E-state index contributed by atoms with van der Waals surface area (Å²) < 4.78 is 37.6. The van der Waals surface area contributed by atoms with Crippen molar-refractivity contribution >= 4 is 0 Å². The number of aromatic nitrogens is 3. The third kappa shape index (κ3) is 2.71. The van der Waals surface area contributed by atoms with Crippen molar-refractivity contribution < 1.29 is 18.3 Å². The van der Waals surface area contributed by atoms with Gasteiger partial charge in [-0.05, 0) is 39.8 Å². The molecule has 3 rings (SSSR count). The second-order valence-corrected chi connectivity index (χ2v) is 6.73. The van der Waals surface area contributed by atoms with E-state index in [0.29, 0.717) is 0 Å². The number of hydrogen-bond donors (Lipinski definition) is 0. The molecule has 1 aromatic heterocycles. The van der Waals surface area contributed by atoms with Gasteiger partial charge in [-0.25, -0.2) is 28.1 Å². The highest BCUT2D eigenvalue weighted by Crippen LogP contribution is 2.41. The zero-order chi connectivity index (χ0) is 19.4. The summed E-state index contributed by atoms with van der Waals surface area (Å²) in [6.45, 7) is 6.56. The van der Waals surface area contributed by atoms with Crippen LogP contribution in [0.4, 0.5) is 8.78 Å². The maximum atomic E-state index is 13.2. The molecule has 2 aromatic rings. The van der Waals surface area contributed by atoms with Gasteiger partial charge in [0.25, 0.3) is 0 Å². The van der Waals surface area contributed by atoms with Crippen LogP contribution in [-0.2, 0) is 12.1 Å². The quantitative estimate of drug-likeness (QED) is 0.796. The minimum absolute atomic E-state index is 0.0137. The van der Waals surface area contributed by atoms with Gasteiger partial charge < -0.3 is 9.47 Å². The van der Waals surface area contributed by atoms with Gasteiger partial charge in [0.1, 0.15) is 0 Å². The third-order valence-corrected chi connectivity index (χ3v) is 3.86. The molecule has 0 N–H and O–H groups in total. The van der Waals surface area contributed by atoms with E-state index in [-0.39, 0.29) is 23.7 Å². The van der Waals surface area contributed by atoms with Crippen LogP contribution in [0.3, 0.4) is 0 Å². The van der Waals surface area contributed by atoms with Crippen molar-refractivity contribution in [2.24, 2.45) is 0 Å². The van der Waals surface area contributed by atoms with E-state index < -0.39 is 28.9 Å². The molecular weight excluding hydrogens is 352 g/mol. The number of hydrogen-bond acceptors (Lipinski definition) is 5. The maximum absolute atomic E-state index is 13.2. The molecule has 0 saturated carbocycles. The summed E-state index contributed by atoms with van der Waals surface area (Å²) >= 11 is 0. The Morgan fingerprint density at radius 1 is 1.00 bits per heavy atom. The summed E-state index contributed by atoms with van der Waals surface area (Å²) in [5.41, 5.74) is -3.39. The van der Waals surface area contributed by atoms with E-state index in [2.05, 4.69) is 9.47 Å². The Morgan fingerprint density at radius 2 is 1.62 bits per heavy atom. The molecule has 2 heterocycles. The molecule has 0 atom stereocenters. The number of fused-ring (bicyclic) bond motifs is 1. The molecule has 8 nitrogen and oxygen atoms in total. The van der Waals surface area contributed by atoms with Crippen LogP contribution in [0.2, 0.25) is 0 Å². The van der Waals surface area contributed by atoms with E-state index >= 15 is 0 Å². The largest absolute Gasteiger partial charge is 0.586 e. The first-order chi connectivity index (χ1) is 12.0. The van der Waals surface area contributed by atoms with Crippen LogP contribution in [0.25, 0.3) is 5.69 Å². The van der Waals surface area contributed by atoms with Gasteiger partial charge in [0.2, 0.25) is 0 Å². The lowest BCUT2D eigenvalue weighted by atomic mass is 10.1. The number of benzene rings is 1. The standard InChI is InChI=1S/C16H17F2N3O5/c1-5-19-12(22)20(14(24)21(13(19)23)15(2,3)4)9-6-7-10-11(8-9)26-16(17,18)25-10/h6-8H,5H2,1-4H3. The second kappa shape index (κ2) is 5.55. The van der Waals surface area contributed by atoms with Crippen molar-refractivity contribution in [3.8, 4) is 17.2 Å². The zero-order valence-electron chi connectivity index (χ0n) is 14.6. The highest BCUT2D eigenvalue weighted by atomic mass is 19.3. The zero-order valence-corrected chi connectivity index (χ0v) is 14.6. The third-order valence-electron chi connectivity index (χ3n) is 3.86. The first-order valence-corrected chi connectivity index (χ1v) is 7.86. The van der Waals surface area contributed by atoms with Crippen LogP contribution in [-0.4, -0.2) is 20.0 Å². The van der Waals surface area contributed by atoms with Crippen molar-refractivity contribution in [1.29, 1.82) is 0 Å². The first-order valence-electron chi connectivity index (χ1n) is 7.86. The van der Waals surface area contributed by atoms with Crippen molar-refractivity contribution in [3.63, 3.8) is 0 Å². The summed E-state index contributed by atoms with van der Waals surface area (Å²) in [6, 6.07) is 3.53. The number of alkyl halides is 2. The Hall–Kier alpha value is -2.91. The minimum atomic E-state index is -3.82. The summed E-state index contributed by atoms with van der Waals surface area (Å²) in [7, 11) is 0. The van der Waals surface area contributed by atoms with Crippen molar-refractivity contribution in [3.05, 3.63) is 49.7 Å². The van der Waals surface area contributed by atoms with Crippen molar-refractivity contribution in [1.82, 2.24) is 13.7 Å². The molecular formula is C16H17F2N3O5. The van der Waals surface area contributed by atoms with Gasteiger partial charge in [0.15, 0.2) is 11.5 Å². The Labute approximate surface area is 145 Å². The normalized spacial score (nSPS) is 15.3. The Balaban J connectivity index is 2.33. The molecule has 0 bridgehead atoms. The molecule has 0 unspecified atom stereocenters. The molecule has 1 aliphatic heterocycles. The average Bonchev–Trinajstić information content (AvgIpc) is 2.79. The monoisotopic (exact) mass is 369 g/mol. The van der Waals surface area contributed by atoms with Crippen LogP contribution >= 0.6 is 0 Å². The molecule has 0 spiro atoms. The summed E-state index contributed by atoms with van der Waals surface area (Å²) in [6.07, 6.45) is -3.82. The molecule has 0 fully saturated rings. The van der Waals surface area contributed by atoms with Crippen LogP contribution < -0.4 is 26.5 Å². The lowest BCUT2D eigenvalue weighted by molar-refractivity contribution is -0.286. The van der Waals surface area contributed by atoms with Crippen LogP contribution in [0, 0.1) is 0 Å². The number of halogens is 2. The highest BCUT2D eigenvalue weighted by Gasteiger charge is 2.43. The van der Waals surface area contributed by atoms with Crippen molar-refractivity contribution in [2.45, 2.75) is 46.1 Å². The number of rotatable bonds is 2. The summed E-state index contributed by atoms with van der Waals surface area (Å²) in [4.78, 5) is 38.0. The SMILES string of the molecule is CCn1c(=O)n(-c2ccc3c(c2)OC(F)(F)O3)c(=O)n(C(C)(C)C)c1=O. The average molecular weight is 369 g/mol. The summed E-state index contributed by atoms with van der Waals surface area (Å²) in [5, 5.41) is 0. The molecule has 10 heteroatoms. The fourth-order valence-corrected chi connectivity index (χ4v) is 2.73. The van der Waals surface area contributed by atoms with Gasteiger partial charge in [0.05, 0.1) is 5.69 Å². The topological polar surface area (TPSA) is 84.5 Å². The molecule has 1 aromatic carbocycles. The van der Waals surface area contributed by atoms with Crippen molar-refractivity contribution in [2.75, 3.05) is 0 Å². The number of nitrogens with zero attached hydrogens (tertiary/aromatic N) is 3. The Morgan fingerprint density at radius 3 is 2.19 bits per heavy atom. The molecule has 1 aliphatic rings. The molecule has 140 valence electrons. The van der Waals surface area contributed by atoms with Gasteiger partial charge in [-0.3, -0.25) is 0 Å². The summed E-state index contributed by atoms with van der Waals surface area (Å²) in [5.74, 6) is -0.526. The fraction of sp³-hybridized carbons (Fsp3) is 0.438. The van der Waals surface area contributed by atoms with Gasteiger partial charge >= 0.3 is 23.4 Å². The Bertz CT molecular complexity index is 1060. The smallest absolute Gasteiger partial charge is 0.395 e. The van der Waals surface area contributed by atoms with Crippen LogP contribution in [0.1, 0.15) is 27.7 Å². The molecule has 0 amide bonds. The lowest BCUT2D eigenvalue weighted by Gasteiger charge is -2.23. The van der Waals surface area contributed by atoms with E-state index in [0.717, 1.165) is 19.8 Å². The van der Waals surface area contributed by atoms with Gasteiger partial charge in [-0.15, -0.1) is 8.78 Å². The highest BCUT2D eigenvalue weighted by molar-refractivity contribution is 5.50. The Kier molecular flexibility index (Phi) is 3.82. The second-order valence-electron chi connectivity index (χ2n) is 6.73. The molecule has 0 radical (unpaired) electrons. The lowest BCUT2D eigenvalue weighted by Crippen LogP contribution is -2.57. The molecule has 0 saturated heterocycles. The predicted octanol–water partition coefficient (Wildman–Crippen LogP) is 1.26. The van der Waals surface area contributed by atoms with Crippen LogP contribution in [0.15, 0.2) is 32.6 Å². The van der Waals surface area contributed by atoms with Gasteiger partial charge in [-0.1, -0.05) is 0 Å². The maximum Gasteiger partial charge on any atom is 0.586 e. The molecule has 26 heavy (non-hydrogen) atoms. The minimum Gasteiger partial charge on any atom is -0.395 e. The molecule has 0 aliphatic carbocycles. The predicted molar refractivity (Wildman–Crippen MR) is 87.4 cm³/mol.